The minimum absolute atomic E-state index is 0.118. The molecule has 18 heavy (non-hydrogen) atoms. The third-order valence-electron chi connectivity index (χ3n) is 3.94. The van der Waals surface area contributed by atoms with E-state index in [-0.39, 0.29) is 29.7 Å². The Morgan fingerprint density at radius 2 is 1.94 bits per heavy atom. The quantitative estimate of drug-likeness (QED) is 0.760. The predicted octanol–water partition coefficient (Wildman–Crippen LogP) is 0.503. The molecule has 2 fully saturated rings. The van der Waals surface area contributed by atoms with Gasteiger partial charge in [-0.15, -0.1) is 0 Å². The summed E-state index contributed by atoms with van der Waals surface area (Å²) in [5, 5.41) is 9.71. The van der Waals surface area contributed by atoms with E-state index in [1.165, 1.54) is 6.07 Å². The predicted molar refractivity (Wildman–Crippen MR) is 65.3 cm³/mol. The molecule has 5 heteroatoms. The summed E-state index contributed by atoms with van der Waals surface area (Å²) in [5.41, 5.74) is 0.0843. The van der Waals surface area contributed by atoms with Gasteiger partial charge in [-0.2, -0.15) is 0 Å². The number of H-pyrrole nitrogens is 1. The summed E-state index contributed by atoms with van der Waals surface area (Å²) in [6.07, 6.45) is 2.91. The Kier molecular flexibility index (Phi) is 2.70. The maximum Gasteiger partial charge on any atom is 0.270 e. The molecule has 1 amide bonds. The number of aliphatic hydroxyl groups excluding tert-OH is 1. The molecule has 2 aliphatic rings. The third kappa shape index (κ3) is 1.84. The lowest BCUT2D eigenvalue weighted by Crippen LogP contribution is -2.48. The fourth-order valence-corrected chi connectivity index (χ4v) is 3.19. The number of piperidine rings is 1. The van der Waals surface area contributed by atoms with Crippen molar-refractivity contribution in [2.45, 2.75) is 43.9 Å². The Hall–Kier alpha value is -1.62. The van der Waals surface area contributed by atoms with Gasteiger partial charge in [0.2, 0.25) is 5.56 Å². The topological polar surface area (TPSA) is 73.4 Å². The van der Waals surface area contributed by atoms with Crippen LogP contribution in [0.15, 0.2) is 23.0 Å². The minimum atomic E-state index is -0.290. The fraction of sp³-hybridized carbons (Fsp3) is 0.538. The van der Waals surface area contributed by atoms with Crippen molar-refractivity contribution >= 4 is 5.91 Å². The molecule has 2 atom stereocenters. The first-order valence-corrected chi connectivity index (χ1v) is 6.35. The summed E-state index contributed by atoms with van der Waals surface area (Å²) in [7, 11) is 0. The van der Waals surface area contributed by atoms with Gasteiger partial charge in [0.05, 0.1) is 6.10 Å². The minimum Gasteiger partial charge on any atom is -0.393 e. The number of amides is 1. The molecule has 2 bridgehead atoms. The zero-order chi connectivity index (χ0) is 12.7. The number of aliphatic hydroxyl groups is 1. The van der Waals surface area contributed by atoms with Gasteiger partial charge in [-0.25, -0.2) is 0 Å². The molecule has 2 saturated heterocycles. The maximum absolute atomic E-state index is 12.4. The first-order chi connectivity index (χ1) is 8.65. The van der Waals surface area contributed by atoms with Crippen LogP contribution in [-0.4, -0.2) is 39.1 Å². The Bertz CT molecular complexity index is 511. The summed E-state index contributed by atoms with van der Waals surface area (Å²) in [5.74, 6) is -0.118. The van der Waals surface area contributed by atoms with Gasteiger partial charge in [0.1, 0.15) is 5.69 Å². The number of carbonyl (C=O) groups excluding carboxylic acids is 1. The Morgan fingerprint density at radius 3 is 2.56 bits per heavy atom. The molecular weight excluding hydrogens is 232 g/mol. The summed E-state index contributed by atoms with van der Waals surface area (Å²) in [6.45, 7) is 0. The average molecular weight is 248 g/mol. The Balaban J connectivity index is 1.88. The molecule has 5 nitrogen and oxygen atoms in total. The van der Waals surface area contributed by atoms with Gasteiger partial charge >= 0.3 is 0 Å². The van der Waals surface area contributed by atoms with E-state index in [1.54, 1.807) is 12.1 Å². The molecular formula is C13H16N2O3. The summed E-state index contributed by atoms with van der Waals surface area (Å²) in [6, 6.07) is 4.86. The van der Waals surface area contributed by atoms with E-state index < -0.39 is 0 Å². The maximum atomic E-state index is 12.4. The monoisotopic (exact) mass is 248 g/mol. The highest BCUT2D eigenvalue weighted by Crippen LogP contribution is 2.36. The SMILES string of the molecule is O=C(c1cccc(=O)[nH]1)N1C2CCC1CC(O)C2. The summed E-state index contributed by atoms with van der Waals surface area (Å²) < 4.78 is 0. The van der Waals surface area contributed by atoms with Crippen molar-refractivity contribution in [2.75, 3.05) is 0 Å². The number of carbonyl (C=O) groups is 1. The van der Waals surface area contributed by atoms with Gasteiger partial charge in [0, 0.05) is 18.2 Å². The lowest BCUT2D eigenvalue weighted by Gasteiger charge is -2.37. The highest BCUT2D eigenvalue weighted by molar-refractivity contribution is 5.93. The van der Waals surface area contributed by atoms with Crippen LogP contribution in [0.2, 0.25) is 0 Å². The zero-order valence-electron chi connectivity index (χ0n) is 10.0. The van der Waals surface area contributed by atoms with Crippen LogP contribution in [-0.2, 0) is 0 Å². The van der Waals surface area contributed by atoms with E-state index in [2.05, 4.69) is 4.98 Å². The number of rotatable bonds is 1. The molecule has 2 aliphatic heterocycles. The number of fused-ring (bicyclic) bond motifs is 2. The molecule has 0 aromatic carbocycles. The van der Waals surface area contributed by atoms with E-state index in [0.717, 1.165) is 12.8 Å². The molecule has 2 N–H and O–H groups in total. The molecule has 0 saturated carbocycles. The molecule has 3 rings (SSSR count). The molecule has 3 heterocycles. The second kappa shape index (κ2) is 4.24. The molecule has 1 aromatic rings. The number of nitrogens with one attached hydrogen (secondary N) is 1. The average Bonchev–Trinajstić information content (AvgIpc) is 2.61. The fourth-order valence-electron chi connectivity index (χ4n) is 3.19. The normalized spacial score (nSPS) is 30.5. The highest BCUT2D eigenvalue weighted by atomic mass is 16.3. The van der Waals surface area contributed by atoms with Gasteiger partial charge in [0.25, 0.3) is 5.91 Å². The number of hydrogen-bond donors (Lipinski definition) is 2. The second-order valence-corrected chi connectivity index (χ2v) is 5.15. The van der Waals surface area contributed by atoms with E-state index in [0.29, 0.717) is 18.5 Å². The number of pyridine rings is 1. The van der Waals surface area contributed by atoms with Crippen LogP contribution in [0.1, 0.15) is 36.2 Å². The van der Waals surface area contributed by atoms with Gasteiger partial charge in [-0.1, -0.05) is 6.07 Å². The Labute approximate surface area is 104 Å². The first kappa shape index (κ1) is 11.5. The standard InChI is InChI=1S/C13H16N2O3/c16-10-6-8-4-5-9(7-10)15(8)13(18)11-2-1-3-12(17)14-11/h1-3,8-10,16H,4-7H2,(H,14,17). The summed E-state index contributed by atoms with van der Waals surface area (Å²) in [4.78, 5) is 28.1. The van der Waals surface area contributed by atoms with Gasteiger partial charge in [-0.05, 0) is 31.7 Å². The van der Waals surface area contributed by atoms with Crippen LogP contribution in [0, 0.1) is 0 Å². The van der Waals surface area contributed by atoms with E-state index >= 15 is 0 Å². The molecule has 0 spiro atoms. The van der Waals surface area contributed by atoms with Crippen LogP contribution in [0.25, 0.3) is 0 Å². The van der Waals surface area contributed by atoms with Crippen molar-refractivity contribution in [3.05, 3.63) is 34.2 Å². The van der Waals surface area contributed by atoms with Crippen LogP contribution in [0.3, 0.4) is 0 Å². The highest BCUT2D eigenvalue weighted by Gasteiger charge is 2.43. The van der Waals surface area contributed by atoms with Crippen LogP contribution < -0.4 is 5.56 Å². The molecule has 0 aliphatic carbocycles. The summed E-state index contributed by atoms with van der Waals surface area (Å²) >= 11 is 0. The first-order valence-electron chi connectivity index (χ1n) is 6.35. The van der Waals surface area contributed by atoms with E-state index in [1.807, 2.05) is 4.90 Å². The largest absolute Gasteiger partial charge is 0.393 e. The van der Waals surface area contributed by atoms with Gasteiger partial charge in [0.15, 0.2) is 0 Å². The number of hydrogen-bond acceptors (Lipinski definition) is 3. The second-order valence-electron chi connectivity index (χ2n) is 5.15. The lowest BCUT2D eigenvalue weighted by molar-refractivity contribution is 0.0282. The van der Waals surface area contributed by atoms with Crippen LogP contribution in [0.5, 0.6) is 0 Å². The molecule has 96 valence electrons. The zero-order valence-corrected chi connectivity index (χ0v) is 10.0. The van der Waals surface area contributed by atoms with Crippen molar-refractivity contribution in [3.8, 4) is 0 Å². The molecule has 1 aromatic heterocycles. The Morgan fingerprint density at radius 1 is 1.28 bits per heavy atom. The van der Waals surface area contributed by atoms with Crippen molar-refractivity contribution in [3.63, 3.8) is 0 Å². The van der Waals surface area contributed by atoms with Gasteiger partial charge < -0.3 is 15.0 Å². The van der Waals surface area contributed by atoms with Gasteiger partial charge in [-0.3, -0.25) is 9.59 Å². The van der Waals surface area contributed by atoms with Crippen molar-refractivity contribution in [2.24, 2.45) is 0 Å². The van der Waals surface area contributed by atoms with Crippen molar-refractivity contribution < 1.29 is 9.90 Å². The van der Waals surface area contributed by atoms with E-state index in [9.17, 15) is 14.7 Å². The smallest absolute Gasteiger partial charge is 0.270 e. The van der Waals surface area contributed by atoms with Crippen molar-refractivity contribution in [1.82, 2.24) is 9.88 Å². The van der Waals surface area contributed by atoms with Crippen LogP contribution >= 0.6 is 0 Å². The third-order valence-corrected chi connectivity index (χ3v) is 3.94. The number of aromatic nitrogens is 1. The molecule has 2 unspecified atom stereocenters. The lowest BCUT2D eigenvalue weighted by atomic mass is 9.99. The van der Waals surface area contributed by atoms with E-state index in [4.69, 9.17) is 0 Å². The number of nitrogens with zero attached hydrogens (tertiary/aromatic N) is 1. The van der Waals surface area contributed by atoms with Crippen LogP contribution in [0.4, 0.5) is 0 Å². The molecule has 0 radical (unpaired) electrons. The number of aromatic amines is 1. The van der Waals surface area contributed by atoms with Crippen molar-refractivity contribution in [1.29, 1.82) is 0 Å².